The van der Waals surface area contributed by atoms with Gasteiger partial charge >= 0.3 is 6.09 Å². The Labute approximate surface area is 69.8 Å². The van der Waals surface area contributed by atoms with Crippen LogP contribution in [0.4, 0.5) is 4.79 Å². The normalized spacial score (nSPS) is 28.7. The van der Waals surface area contributed by atoms with Crippen molar-refractivity contribution in [3.05, 3.63) is 0 Å². The van der Waals surface area contributed by atoms with Crippen molar-refractivity contribution >= 4 is 23.3 Å². The Balaban J connectivity index is 2.19. The fraction of sp³-hybridized carbons (Fsp3) is 0.667. The van der Waals surface area contributed by atoms with Crippen molar-refractivity contribution in [2.24, 2.45) is 11.7 Å². The third-order valence-corrected chi connectivity index (χ3v) is 2.20. The topological polar surface area (TPSA) is 75.3 Å². The number of hydrogen-bond donors (Lipinski definition) is 3. The maximum atomic E-state index is 10.1. The first kappa shape index (κ1) is 8.26. The van der Waals surface area contributed by atoms with Crippen LogP contribution in [0.2, 0.25) is 0 Å². The molecule has 1 fully saturated rings. The Morgan fingerprint density at radius 3 is 2.55 bits per heavy atom. The van der Waals surface area contributed by atoms with Gasteiger partial charge in [-0.1, -0.05) is 12.2 Å². The Hall–Kier alpha value is -0.840. The average molecular weight is 174 g/mol. The lowest BCUT2D eigenvalue weighted by atomic mass is 9.80. The molecular formula is C6H10N2O2S. The molecule has 1 rings (SSSR count). The van der Waals surface area contributed by atoms with E-state index in [1.54, 1.807) is 0 Å². The van der Waals surface area contributed by atoms with Crippen LogP contribution in [-0.2, 0) is 0 Å². The van der Waals surface area contributed by atoms with Crippen LogP contribution in [-0.4, -0.2) is 22.2 Å². The Kier molecular flexibility index (Phi) is 2.28. The quantitative estimate of drug-likeness (QED) is 0.527. The number of rotatable bonds is 2. The van der Waals surface area contributed by atoms with Crippen LogP contribution in [0.3, 0.4) is 0 Å². The lowest BCUT2D eigenvalue weighted by Crippen LogP contribution is -2.47. The van der Waals surface area contributed by atoms with Gasteiger partial charge in [0.25, 0.3) is 0 Å². The first-order valence-electron chi connectivity index (χ1n) is 3.38. The molecule has 0 unspecified atom stereocenters. The molecule has 1 aliphatic carbocycles. The molecule has 0 saturated heterocycles. The van der Waals surface area contributed by atoms with Gasteiger partial charge in [0.2, 0.25) is 0 Å². The largest absolute Gasteiger partial charge is 0.465 e. The van der Waals surface area contributed by atoms with Crippen LogP contribution in [0.15, 0.2) is 0 Å². The highest BCUT2D eigenvalue weighted by molar-refractivity contribution is 7.80. The summed E-state index contributed by atoms with van der Waals surface area (Å²) in [6.07, 6.45) is 0.528. The molecule has 1 saturated carbocycles. The van der Waals surface area contributed by atoms with Crippen molar-refractivity contribution in [3.63, 3.8) is 0 Å². The van der Waals surface area contributed by atoms with Crippen LogP contribution in [0.25, 0.3) is 0 Å². The maximum Gasteiger partial charge on any atom is 0.404 e. The average Bonchev–Trinajstić information content (AvgIpc) is 1.75. The van der Waals surface area contributed by atoms with Crippen molar-refractivity contribution in [1.82, 2.24) is 5.32 Å². The van der Waals surface area contributed by atoms with Gasteiger partial charge < -0.3 is 16.2 Å². The number of nitrogens with one attached hydrogen (secondary N) is 1. The summed E-state index contributed by atoms with van der Waals surface area (Å²) in [5.41, 5.74) is 5.35. The van der Waals surface area contributed by atoms with Gasteiger partial charge in [-0.2, -0.15) is 0 Å². The zero-order valence-electron chi connectivity index (χ0n) is 5.91. The van der Waals surface area contributed by atoms with E-state index in [9.17, 15) is 4.79 Å². The predicted octanol–water partition coefficient (Wildman–Crippen LogP) is 0.319. The Bertz CT molecular complexity index is 189. The van der Waals surface area contributed by atoms with Gasteiger partial charge in [0, 0.05) is 12.0 Å². The molecule has 0 aromatic rings. The number of carbonyl (C=O) groups is 1. The minimum absolute atomic E-state index is 0.0546. The highest BCUT2D eigenvalue weighted by atomic mass is 32.1. The highest BCUT2D eigenvalue weighted by Crippen LogP contribution is 2.27. The number of amides is 1. The Morgan fingerprint density at radius 1 is 1.64 bits per heavy atom. The molecule has 4 nitrogen and oxygen atoms in total. The number of thiocarbonyl (C=S) groups is 1. The van der Waals surface area contributed by atoms with E-state index in [-0.39, 0.29) is 12.0 Å². The fourth-order valence-corrected chi connectivity index (χ4v) is 1.34. The number of nitrogens with two attached hydrogens (primary N) is 1. The minimum atomic E-state index is -0.976. The second-order valence-electron chi connectivity index (χ2n) is 2.72. The van der Waals surface area contributed by atoms with Crippen molar-refractivity contribution in [2.45, 2.75) is 18.9 Å². The molecule has 0 radical (unpaired) electrons. The molecule has 1 amide bonds. The standard InChI is InChI=1S/C6H10N2O2S/c7-5(11)3-1-4(2-3)8-6(9)10/h3-4,8H,1-2H2,(H2,7,11)(H,9,10). The Morgan fingerprint density at radius 2 is 2.18 bits per heavy atom. The summed E-state index contributed by atoms with van der Waals surface area (Å²) in [7, 11) is 0. The summed E-state index contributed by atoms with van der Waals surface area (Å²) in [5, 5.41) is 10.7. The van der Waals surface area contributed by atoms with Crippen molar-refractivity contribution < 1.29 is 9.90 Å². The van der Waals surface area contributed by atoms with Crippen LogP contribution in [0.5, 0.6) is 0 Å². The van der Waals surface area contributed by atoms with E-state index in [4.69, 9.17) is 23.1 Å². The van der Waals surface area contributed by atoms with E-state index < -0.39 is 6.09 Å². The number of hydrogen-bond acceptors (Lipinski definition) is 2. The van der Waals surface area contributed by atoms with Crippen LogP contribution in [0, 0.1) is 5.92 Å². The van der Waals surface area contributed by atoms with E-state index in [0.717, 1.165) is 12.8 Å². The van der Waals surface area contributed by atoms with Gasteiger partial charge in [-0.25, -0.2) is 4.79 Å². The second-order valence-corrected chi connectivity index (χ2v) is 3.19. The molecule has 4 N–H and O–H groups in total. The van der Waals surface area contributed by atoms with Crippen LogP contribution in [0.1, 0.15) is 12.8 Å². The predicted molar refractivity (Wildman–Crippen MR) is 44.5 cm³/mol. The van der Waals surface area contributed by atoms with Gasteiger partial charge in [0.05, 0.1) is 4.99 Å². The zero-order chi connectivity index (χ0) is 8.43. The van der Waals surface area contributed by atoms with Crippen molar-refractivity contribution in [3.8, 4) is 0 Å². The first-order chi connectivity index (χ1) is 5.09. The van der Waals surface area contributed by atoms with E-state index in [1.807, 2.05) is 0 Å². The molecule has 62 valence electrons. The van der Waals surface area contributed by atoms with Gasteiger partial charge in [-0.15, -0.1) is 0 Å². The van der Waals surface area contributed by atoms with Crippen LogP contribution < -0.4 is 11.1 Å². The zero-order valence-corrected chi connectivity index (χ0v) is 6.73. The molecule has 0 aliphatic heterocycles. The molecule has 0 aromatic carbocycles. The van der Waals surface area contributed by atoms with Gasteiger partial charge in [0.15, 0.2) is 0 Å². The summed E-state index contributed by atoms with van der Waals surface area (Å²) < 4.78 is 0. The van der Waals surface area contributed by atoms with Gasteiger partial charge in [-0.05, 0) is 12.8 Å². The van der Waals surface area contributed by atoms with Crippen LogP contribution >= 0.6 is 12.2 Å². The minimum Gasteiger partial charge on any atom is -0.465 e. The molecule has 1 aliphatic rings. The molecule has 0 heterocycles. The lowest BCUT2D eigenvalue weighted by Gasteiger charge is -2.33. The molecule has 5 heteroatoms. The third-order valence-electron chi connectivity index (χ3n) is 1.87. The summed E-state index contributed by atoms with van der Waals surface area (Å²) in [6, 6.07) is 0.0546. The van der Waals surface area contributed by atoms with Gasteiger partial charge in [-0.3, -0.25) is 0 Å². The third kappa shape index (κ3) is 2.04. The molecule has 11 heavy (non-hydrogen) atoms. The molecule has 0 aromatic heterocycles. The summed E-state index contributed by atoms with van der Waals surface area (Å²) >= 11 is 4.74. The molecule has 0 spiro atoms. The highest BCUT2D eigenvalue weighted by Gasteiger charge is 2.31. The van der Waals surface area contributed by atoms with Gasteiger partial charge in [0.1, 0.15) is 0 Å². The SMILES string of the molecule is NC(=S)C1CC(NC(=O)O)C1. The lowest BCUT2D eigenvalue weighted by molar-refractivity contribution is 0.177. The smallest absolute Gasteiger partial charge is 0.404 e. The van der Waals surface area contributed by atoms with E-state index >= 15 is 0 Å². The molecule has 0 atom stereocenters. The molecular weight excluding hydrogens is 164 g/mol. The summed E-state index contributed by atoms with van der Waals surface area (Å²) in [5.74, 6) is 0.238. The molecule has 0 bridgehead atoms. The summed E-state index contributed by atoms with van der Waals surface area (Å²) in [6.45, 7) is 0. The number of carboxylic acid groups (broad SMARTS) is 1. The monoisotopic (exact) mass is 174 g/mol. The van der Waals surface area contributed by atoms with Crippen molar-refractivity contribution in [1.29, 1.82) is 0 Å². The van der Waals surface area contributed by atoms with E-state index in [1.165, 1.54) is 0 Å². The van der Waals surface area contributed by atoms with E-state index in [0.29, 0.717) is 4.99 Å². The van der Waals surface area contributed by atoms with E-state index in [2.05, 4.69) is 5.32 Å². The first-order valence-corrected chi connectivity index (χ1v) is 3.79. The maximum absolute atomic E-state index is 10.1. The fourth-order valence-electron chi connectivity index (χ4n) is 1.14. The second kappa shape index (κ2) is 3.04. The summed E-state index contributed by atoms with van der Waals surface area (Å²) in [4.78, 5) is 10.6. The van der Waals surface area contributed by atoms with Crippen molar-refractivity contribution in [2.75, 3.05) is 0 Å².